The van der Waals surface area contributed by atoms with Crippen LogP contribution in [0.4, 0.5) is 10.1 Å². The minimum atomic E-state index is -1.34. The molecule has 0 atom stereocenters. The number of aromatic carboxylic acids is 1. The largest absolute Gasteiger partial charge is 0.478 e. The highest BCUT2D eigenvalue weighted by Crippen LogP contribution is 2.32. The van der Waals surface area contributed by atoms with Crippen molar-refractivity contribution < 1.29 is 19.1 Å². The molecule has 8 heteroatoms. The Balaban J connectivity index is 2.39. The normalized spacial score (nSPS) is 10.2. The smallest absolute Gasteiger partial charge is 0.339 e. The van der Waals surface area contributed by atoms with Crippen molar-refractivity contribution in [1.29, 1.82) is 0 Å². The fourth-order valence-electron chi connectivity index (χ4n) is 1.57. The molecule has 0 saturated heterocycles. The van der Waals surface area contributed by atoms with Crippen molar-refractivity contribution in [3.63, 3.8) is 0 Å². The van der Waals surface area contributed by atoms with E-state index in [9.17, 15) is 14.0 Å². The standard InChI is InChI=1S/C13H7Cl2FN2O3/c14-7-2-3-8(15)11(10(7)13(20)21)18-12(19)9-4-1-6(16)5-17-9/h1-5H,(H,18,19)(H,20,21). The summed E-state index contributed by atoms with van der Waals surface area (Å²) < 4.78 is 12.8. The number of halogens is 3. The number of pyridine rings is 1. The van der Waals surface area contributed by atoms with Gasteiger partial charge in [0.25, 0.3) is 5.91 Å². The molecule has 0 fully saturated rings. The van der Waals surface area contributed by atoms with Crippen LogP contribution in [-0.4, -0.2) is 22.0 Å². The third-order valence-electron chi connectivity index (χ3n) is 2.52. The van der Waals surface area contributed by atoms with E-state index in [2.05, 4.69) is 10.3 Å². The molecule has 2 rings (SSSR count). The molecule has 0 spiro atoms. The SMILES string of the molecule is O=C(Nc1c(Cl)ccc(Cl)c1C(=O)O)c1ccc(F)cn1. The molecule has 2 N–H and O–H groups in total. The Morgan fingerprint density at radius 2 is 1.81 bits per heavy atom. The summed E-state index contributed by atoms with van der Waals surface area (Å²) in [6, 6.07) is 4.87. The maximum atomic E-state index is 12.8. The van der Waals surface area contributed by atoms with Gasteiger partial charge in [-0.25, -0.2) is 14.2 Å². The Bertz CT molecular complexity index is 720. The van der Waals surface area contributed by atoms with Crippen molar-refractivity contribution in [2.45, 2.75) is 0 Å². The van der Waals surface area contributed by atoms with Gasteiger partial charge in [-0.1, -0.05) is 23.2 Å². The van der Waals surface area contributed by atoms with E-state index in [4.69, 9.17) is 28.3 Å². The summed E-state index contributed by atoms with van der Waals surface area (Å²) in [5.41, 5.74) is -0.573. The van der Waals surface area contributed by atoms with Crippen LogP contribution in [-0.2, 0) is 0 Å². The number of amides is 1. The van der Waals surface area contributed by atoms with E-state index < -0.39 is 17.7 Å². The molecule has 2 aromatic rings. The number of anilines is 1. The van der Waals surface area contributed by atoms with Gasteiger partial charge in [0.2, 0.25) is 0 Å². The van der Waals surface area contributed by atoms with Crippen LogP contribution in [0, 0.1) is 5.82 Å². The van der Waals surface area contributed by atoms with Crippen molar-refractivity contribution in [2.24, 2.45) is 0 Å². The van der Waals surface area contributed by atoms with Crippen LogP contribution in [0.5, 0.6) is 0 Å². The molecule has 1 aromatic heterocycles. The maximum absolute atomic E-state index is 12.8. The van der Waals surface area contributed by atoms with Gasteiger partial charge in [0, 0.05) is 0 Å². The number of nitrogens with zero attached hydrogens (tertiary/aromatic N) is 1. The summed E-state index contributed by atoms with van der Waals surface area (Å²) in [4.78, 5) is 26.8. The second kappa shape index (κ2) is 6.07. The van der Waals surface area contributed by atoms with Crippen molar-refractivity contribution in [1.82, 2.24) is 4.98 Å². The Hall–Kier alpha value is -2.18. The maximum Gasteiger partial charge on any atom is 0.339 e. The zero-order valence-electron chi connectivity index (χ0n) is 10.2. The van der Waals surface area contributed by atoms with E-state index in [0.717, 1.165) is 18.3 Å². The number of benzene rings is 1. The van der Waals surface area contributed by atoms with Gasteiger partial charge in [-0.3, -0.25) is 4.79 Å². The molecule has 0 aliphatic rings. The molecule has 5 nitrogen and oxygen atoms in total. The Morgan fingerprint density at radius 3 is 2.38 bits per heavy atom. The highest BCUT2D eigenvalue weighted by Gasteiger charge is 2.20. The number of carboxylic acids is 1. The summed E-state index contributed by atoms with van der Waals surface area (Å²) in [6.07, 6.45) is 0.868. The quantitative estimate of drug-likeness (QED) is 0.904. The van der Waals surface area contributed by atoms with Crippen LogP contribution in [0.15, 0.2) is 30.5 Å². The molecule has 0 unspecified atom stereocenters. The first-order valence-electron chi connectivity index (χ1n) is 5.54. The molecule has 0 saturated carbocycles. The first-order valence-corrected chi connectivity index (χ1v) is 6.30. The summed E-state index contributed by atoms with van der Waals surface area (Å²) in [7, 11) is 0. The van der Waals surface area contributed by atoms with E-state index in [1.165, 1.54) is 12.1 Å². The molecule has 21 heavy (non-hydrogen) atoms. The topological polar surface area (TPSA) is 79.3 Å². The lowest BCUT2D eigenvalue weighted by Crippen LogP contribution is -2.17. The van der Waals surface area contributed by atoms with Gasteiger partial charge in [0.05, 0.1) is 21.9 Å². The monoisotopic (exact) mass is 328 g/mol. The van der Waals surface area contributed by atoms with E-state index >= 15 is 0 Å². The number of hydrogen-bond acceptors (Lipinski definition) is 3. The molecule has 0 bridgehead atoms. The number of carbonyl (C=O) groups is 2. The van der Waals surface area contributed by atoms with Crippen molar-refractivity contribution in [3.8, 4) is 0 Å². The first-order chi connectivity index (χ1) is 9.90. The lowest BCUT2D eigenvalue weighted by Gasteiger charge is -2.11. The fraction of sp³-hybridized carbons (Fsp3) is 0. The number of aromatic nitrogens is 1. The van der Waals surface area contributed by atoms with E-state index in [1.807, 2.05) is 0 Å². The minimum absolute atomic E-state index is 0.00672. The van der Waals surface area contributed by atoms with Gasteiger partial charge in [-0.2, -0.15) is 0 Å². The van der Waals surface area contributed by atoms with Crippen molar-refractivity contribution >= 4 is 40.8 Å². The van der Waals surface area contributed by atoms with Gasteiger partial charge < -0.3 is 10.4 Å². The highest BCUT2D eigenvalue weighted by atomic mass is 35.5. The molecule has 108 valence electrons. The average Bonchev–Trinajstić information content (AvgIpc) is 2.43. The first kappa shape index (κ1) is 15.2. The number of nitrogens with one attached hydrogen (secondary N) is 1. The molecule has 0 radical (unpaired) electrons. The van der Waals surface area contributed by atoms with Gasteiger partial charge in [0.15, 0.2) is 0 Å². The van der Waals surface area contributed by atoms with Gasteiger partial charge >= 0.3 is 5.97 Å². The molecule has 1 heterocycles. The predicted molar refractivity (Wildman–Crippen MR) is 75.6 cm³/mol. The van der Waals surface area contributed by atoms with Crippen LogP contribution in [0.2, 0.25) is 10.0 Å². The lowest BCUT2D eigenvalue weighted by atomic mass is 10.1. The summed E-state index contributed by atoms with van der Waals surface area (Å²) >= 11 is 11.7. The third kappa shape index (κ3) is 3.29. The van der Waals surface area contributed by atoms with Crippen LogP contribution >= 0.6 is 23.2 Å². The van der Waals surface area contributed by atoms with Gasteiger partial charge in [-0.15, -0.1) is 0 Å². The lowest BCUT2D eigenvalue weighted by molar-refractivity contribution is 0.0698. The second-order valence-corrected chi connectivity index (χ2v) is 4.71. The van der Waals surface area contributed by atoms with Crippen LogP contribution in [0.25, 0.3) is 0 Å². The zero-order valence-corrected chi connectivity index (χ0v) is 11.7. The third-order valence-corrected chi connectivity index (χ3v) is 3.15. The van der Waals surface area contributed by atoms with Crippen molar-refractivity contribution in [3.05, 3.63) is 57.6 Å². The van der Waals surface area contributed by atoms with E-state index in [-0.39, 0.29) is 27.0 Å². The molecule has 0 aliphatic carbocycles. The second-order valence-electron chi connectivity index (χ2n) is 3.90. The number of rotatable bonds is 3. The molecular weight excluding hydrogens is 322 g/mol. The highest BCUT2D eigenvalue weighted by molar-refractivity contribution is 6.38. The van der Waals surface area contributed by atoms with Gasteiger partial charge in [-0.05, 0) is 24.3 Å². The van der Waals surface area contributed by atoms with E-state index in [0.29, 0.717) is 0 Å². The van der Waals surface area contributed by atoms with Crippen LogP contribution in [0.3, 0.4) is 0 Å². The molecule has 1 amide bonds. The number of hydrogen-bond donors (Lipinski definition) is 2. The Morgan fingerprint density at radius 1 is 1.14 bits per heavy atom. The summed E-state index contributed by atoms with van der Waals surface area (Å²) in [6.45, 7) is 0. The zero-order chi connectivity index (χ0) is 15.6. The Labute approximate surface area is 128 Å². The molecular formula is C13H7Cl2FN2O3. The number of carbonyl (C=O) groups excluding carboxylic acids is 1. The minimum Gasteiger partial charge on any atom is -0.478 e. The van der Waals surface area contributed by atoms with Crippen LogP contribution < -0.4 is 5.32 Å². The van der Waals surface area contributed by atoms with Crippen LogP contribution in [0.1, 0.15) is 20.8 Å². The Kier molecular flexibility index (Phi) is 4.40. The average molecular weight is 329 g/mol. The molecule has 0 aliphatic heterocycles. The van der Waals surface area contributed by atoms with Gasteiger partial charge in [0.1, 0.15) is 17.1 Å². The summed E-state index contributed by atoms with van der Waals surface area (Å²) in [5.74, 6) is -2.68. The fourth-order valence-corrected chi connectivity index (χ4v) is 2.01. The van der Waals surface area contributed by atoms with Crippen molar-refractivity contribution in [2.75, 3.05) is 5.32 Å². The summed E-state index contributed by atoms with van der Waals surface area (Å²) in [5, 5.41) is 11.4. The predicted octanol–water partition coefficient (Wildman–Crippen LogP) is 3.48. The number of carboxylic acid groups (broad SMARTS) is 1. The van der Waals surface area contributed by atoms with E-state index in [1.54, 1.807) is 0 Å². The molecule has 1 aromatic carbocycles.